The molecule has 0 saturated heterocycles. The second kappa shape index (κ2) is 7.09. The van der Waals surface area contributed by atoms with Gasteiger partial charge in [-0.05, 0) is 56.3 Å². The number of thiazole rings is 1. The average Bonchev–Trinajstić information content (AvgIpc) is 3.03. The van der Waals surface area contributed by atoms with Crippen LogP contribution in [0, 0.1) is 25.5 Å². The molecule has 0 saturated carbocycles. The van der Waals surface area contributed by atoms with E-state index in [1.807, 2.05) is 25.1 Å². The van der Waals surface area contributed by atoms with Crippen molar-refractivity contribution in [3.05, 3.63) is 76.4 Å². The van der Waals surface area contributed by atoms with Crippen LogP contribution < -0.4 is 5.32 Å². The van der Waals surface area contributed by atoms with E-state index in [4.69, 9.17) is 0 Å². The number of nitrogens with zero attached hydrogens (tertiary/aromatic N) is 2. The SMILES string of the molecule is Cc1nc2cc(NC(=O)c3ccc(-c4cccc(F)c4F)nc3C)ccc2s1. The number of carbonyl (C=O) groups excluding carboxylic acids is 1. The summed E-state index contributed by atoms with van der Waals surface area (Å²) in [6.45, 7) is 3.59. The van der Waals surface area contributed by atoms with Crippen LogP contribution in [0.25, 0.3) is 21.5 Å². The summed E-state index contributed by atoms with van der Waals surface area (Å²) in [4.78, 5) is 21.3. The molecule has 0 spiro atoms. The van der Waals surface area contributed by atoms with Crippen LogP contribution in [0.4, 0.5) is 14.5 Å². The summed E-state index contributed by atoms with van der Waals surface area (Å²) in [5.74, 6) is -2.23. The van der Waals surface area contributed by atoms with Crippen molar-refractivity contribution >= 4 is 33.1 Å². The summed E-state index contributed by atoms with van der Waals surface area (Å²) in [5.41, 5.74) is 2.55. The first-order chi connectivity index (χ1) is 13.4. The van der Waals surface area contributed by atoms with Crippen LogP contribution in [0.3, 0.4) is 0 Å². The molecule has 0 bridgehead atoms. The minimum atomic E-state index is -0.960. The van der Waals surface area contributed by atoms with Gasteiger partial charge in [-0.3, -0.25) is 9.78 Å². The van der Waals surface area contributed by atoms with Gasteiger partial charge in [0.15, 0.2) is 11.6 Å². The number of rotatable bonds is 3. The molecule has 0 unspecified atom stereocenters. The maximum atomic E-state index is 14.0. The van der Waals surface area contributed by atoms with Gasteiger partial charge in [0.25, 0.3) is 5.91 Å². The number of hydrogen-bond donors (Lipinski definition) is 1. The fourth-order valence-corrected chi connectivity index (χ4v) is 3.78. The Morgan fingerprint density at radius 3 is 2.64 bits per heavy atom. The van der Waals surface area contributed by atoms with Crippen molar-refractivity contribution in [1.29, 1.82) is 0 Å². The first kappa shape index (κ1) is 18.2. The number of hydrogen-bond acceptors (Lipinski definition) is 4. The van der Waals surface area contributed by atoms with Crippen molar-refractivity contribution in [2.75, 3.05) is 5.32 Å². The van der Waals surface area contributed by atoms with Crippen LogP contribution in [0.5, 0.6) is 0 Å². The molecular formula is C21H15F2N3OS. The Bertz CT molecular complexity index is 1220. The van der Waals surface area contributed by atoms with Crippen molar-refractivity contribution < 1.29 is 13.6 Å². The van der Waals surface area contributed by atoms with Gasteiger partial charge in [-0.2, -0.15) is 0 Å². The molecule has 0 radical (unpaired) electrons. The van der Waals surface area contributed by atoms with Crippen LogP contribution in [0.1, 0.15) is 21.1 Å². The standard InChI is InChI=1S/C21H15F2N3OS/c1-11-14(7-8-17(24-11)15-4-3-5-16(22)20(15)23)21(27)26-13-6-9-19-18(10-13)25-12(2)28-19/h3-10H,1-2H3,(H,26,27). The predicted molar refractivity (Wildman–Crippen MR) is 107 cm³/mol. The molecule has 28 heavy (non-hydrogen) atoms. The van der Waals surface area contributed by atoms with Crippen LogP contribution in [0.2, 0.25) is 0 Å². The molecule has 2 aromatic carbocycles. The minimum Gasteiger partial charge on any atom is -0.322 e. The lowest BCUT2D eigenvalue weighted by atomic mass is 10.1. The number of halogens is 2. The number of amides is 1. The molecule has 2 aromatic heterocycles. The summed E-state index contributed by atoms with van der Waals surface area (Å²) >= 11 is 1.59. The van der Waals surface area contributed by atoms with Crippen LogP contribution in [0.15, 0.2) is 48.5 Å². The van der Waals surface area contributed by atoms with E-state index in [-0.39, 0.29) is 17.2 Å². The number of nitrogens with one attached hydrogen (secondary N) is 1. The molecule has 0 fully saturated rings. The van der Waals surface area contributed by atoms with Crippen molar-refractivity contribution in [1.82, 2.24) is 9.97 Å². The van der Waals surface area contributed by atoms with Gasteiger partial charge in [-0.15, -0.1) is 11.3 Å². The maximum absolute atomic E-state index is 14.0. The van der Waals surface area contributed by atoms with Gasteiger partial charge in [0.2, 0.25) is 0 Å². The molecule has 0 aliphatic heterocycles. The Kier molecular flexibility index (Phi) is 4.60. The van der Waals surface area contributed by atoms with E-state index < -0.39 is 11.6 Å². The number of benzene rings is 2. The number of anilines is 1. The Hall–Kier alpha value is -3.19. The minimum absolute atomic E-state index is 0.0550. The fraction of sp³-hybridized carbons (Fsp3) is 0.0952. The zero-order valence-electron chi connectivity index (χ0n) is 15.1. The monoisotopic (exact) mass is 395 g/mol. The average molecular weight is 395 g/mol. The molecule has 140 valence electrons. The van der Waals surface area contributed by atoms with Crippen molar-refractivity contribution in [3.8, 4) is 11.3 Å². The molecule has 1 N–H and O–H groups in total. The topological polar surface area (TPSA) is 54.9 Å². The van der Waals surface area contributed by atoms with Crippen LogP contribution in [-0.2, 0) is 0 Å². The second-order valence-corrected chi connectivity index (χ2v) is 7.54. The number of fused-ring (bicyclic) bond motifs is 1. The molecular weight excluding hydrogens is 380 g/mol. The van der Waals surface area contributed by atoms with E-state index in [0.717, 1.165) is 21.3 Å². The summed E-state index contributed by atoms with van der Waals surface area (Å²) in [6.07, 6.45) is 0. The predicted octanol–water partition coefficient (Wildman–Crippen LogP) is 5.51. The molecule has 0 aliphatic rings. The van der Waals surface area contributed by atoms with Crippen LogP contribution in [-0.4, -0.2) is 15.9 Å². The van der Waals surface area contributed by atoms with E-state index in [1.54, 1.807) is 24.3 Å². The first-order valence-electron chi connectivity index (χ1n) is 8.53. The second-order valence-electron chi connectivity index (χ2n) is 6.30. The van der Waals surface area contributed by atoms with E-state index in [1.165, 1.54) is 18.2 Å². The van der Waals surface area contributed by atoms with Crippen molar-refractivity contribution in [3.63, 3.8) is 0 Å². The highest BCUT2D eigenvalue weighted by molar-refractivity contribution is 7.18. The van der Waals surface area contributed by atoms with E-state index >= 15 is 0 Å². The third kappa shape index (κ3) is 3.36. The molecule has 4 nitrogen and oxygen atoms in total. The number of carbonyl (C=O) groups is 1. The molecule has 0 atom stereocenters. The molecule has 7 heteroatoms. The number of aromatic nitrogens is 2. The lowest BCUT2D eigenvalue weighted by Gasteiger charge is -2.10. The fourth-order valence-electron chi connectivity index (χ4n) is 2.97. The number of aryl methyl sites for hydroxylation is 2. The highest BCUT2D eigenvalue weighted by Crippen LogP contribution is 2.26. The van der Waals surface area contributed by atoms with Gasteiger partial charge in [-0.1, -0.05) is 6.07 Å². The largest absolute Gasteiger partial charge is 0.322 e. The Labute approximate surface area is 163 Å². The van der Waals surface area contributed by atoms with Crippen LogP contribution >= 0.6 is 11.3 Å². The maximum Gasteiger partial charge on any atom is 0.257 e. The summed E-state index contributed by atoms with van der Waals surface area (Å²) in [6, 6.07) is 12.5. The summed E-state index contributed by atoms with van der Waals surface area (Å²) < 4.78 is 28.5. The van der Waals surface area contributed by atoms with E-state index in [9.17, 15) is 13.6 Å². The highest BCUT2D eigenvalue weighted by Gasteiger charge is 2.15. The smallest absolute Gasteiger partial charge is 0.257 e. The molecule has 4 aromatic rings. The Morgan fingerprint density at radius 1 is 1.04 bits per heavy atom. The summed E-state index contributed by atoms with van der Waals surface area (Å²) in [7, 11) is 0. The lowest BCUT2D eigenvalue weighted by molar-refractivity contribution is 0.102. The third-order valence-electron chi connectivity index (χ3n) is 4.31. The Morgan fingerprint density at radius 2 is 1.86 bits per heavy atom. The first-order valence-corrected chi connectivity index (χ1v) is 9.34. The van der Waals surface area contributed by atoms with E-state index in [2.05, 4.69) is 15.3 Å². The Balaban J connectivity index is 1.61. The van der Waals surface area contributed by atoms with Gasteiger partial charge in [0.05, 0.1) is 32.2 Å². The summed E-state index contributed by atoms with van der Waals surface area (Å²) in [5, 5.41) is 3.79. The van der Waals surface area contributed by atoms with Gasteiger partial charge in [0, 0.05) is 11.3 Å². The lowest BCUT2D eigenvalue weighted by Crippen LogP contribution is -2.14. The van der Waals surface area contributed by atoms with E-state index in [0.29, 0.717) is 16.9 Å². The molecule has 2 heterocycles. The van der Waals surface area contributed by atoms with Gasteiger partial charge in [-0.25, -0.2) is 13.8 Å². The molecule has 4 rings (SSSR count). The van der Waals surface area contributed by atoms with Gasteiger partial charge in [0.1, 0.15) is 0 Å². The van der Waals surface area contributed by atoms with Crippen molar-refractivity contribution in [2.45, 2.75) is 13.8 Å². The number of pyridine rings is 1. The zero-order chi connectivity index (χ0) is 19.8. The van der Waals surface area contributed by atoms with Gasteiger partial charge < -0.3 is 5.32 Å². The molecule has 0 aliphatic carbocycles. The quantitative estimate of drug-likeness (QED) is 0.498. The molecule has 1 amide bonds. The van der Waals surface area contributed by atoms with Crippen molar-refractivity contribution in [2.24, 2.45) is 0 Å². The zero-order valence-corrected chi connectivity index (χ0v) is 15.9. The van der Waals surface area contributed by atoms with Gasteiger partial charge >= 0.3 is 0 Å². The third-order valence-corrected chi connectivity index (χ3v) is 5.26. The highest BCUT2D eigenvalue weighted by atomic mass is 32.1. The normalized spacial score (nSPS) is 11.0.